The summed E-state index contributed by atoms with van der Waals surface area (Å²) in [5, 5.41) is 14.7. The molecule has 3 rings (SSSR count). The molecule has 1 N–H and O–H groups in total. The van der Waals surface area contributed by atoms with Crippen LogP contribution < -0.4 is 10.1 Å². The summed E-state index contributed by atoms with van der Waals surface area (Å²) in [6, 6.07) is 3.74. The van der Waals surface area contributed by atoms with E-state index < -0.39 is 28.6 Å². The normalized spacial score (nSPS) is 25.9. The van der Waals surface area contributed by atoms with Crippen LogP contribution in [0.15, 0.2) is 18.2 Å². The molecule has 0 spiro atoms. The summed E-state index contributed by atoms with van der Waals surface area (Å²) in [6.45, 7) is 4.49. The molecular weight excluding hydrogens is 374 g/mol. The summed E-state index contributed by atoms with van der Waals surface area (Å²) in [4.78, 5) is 25.2. The van der Waals surface area contributed by atoms with Gasteiger partial charge in [-0.05, 0) is 32.1 Å². The number of hydrogen-bond donors (Lipinski definition) is 1. The molecule has 0 saturated carbocycles. The predicted octanol–water partition coefficient (Wildman–Crippen LogP) is 1.76. The van der Waals surface area contributed by atoms with Crippen LogP contribution in [0, 0.1) is 16.0 Å². The van der Waals surface area contributed by atoms with E-state index in [0.717, 1.165) is 0 Å². The molecule has 0 amide bonds. The molecule has 3 unspecified atom stereocenters. The van der Waals surface area contributed by atoms with Crippen molar-refractivity contribution >= 4 is 29.0 Å². The molecule has 1 saturated heterocycles. The largest absolute Gasteiger partial charge is 0.467 e. The fourth-order valence-electron chi connectivity index (χ4n) is 3.65. The van der Waals surface area contributed by atoms with Crippen LogP contribution >= 0.6 is 12.2 Å². The molecule has 9 nitrogen and oxygen atoms in total. The number of rotatable bonds is 6. The Hall–Kier alpha value is -2.46. The lowest BCUT2D eigenvalue weighted by atomic mass is 9.79. The van der Waals surface area contributed by atoms with E-state index in [2.05, 4.69) is 5.32 Å². The summed E-state index contributed by atoms with van der Waals surface area (Å²) in [6.07, 6.45) is 0. The number of non-ortho nitro benzene ring substituents is 1. The molecule has 1 aromatic rings. The van der Waals surface area contributed by atoms with Crippen molar-refractivity contribution in [3.05, 3.63) is 33.9 Å². The summed E-state index contributed by atoms with van der Waals surface area (Å²) in [5.41, 5.74) is -0.687. The van der Waals surface area contributed by atoms with Gasteiger partial charge in [-0.2, -0.15) is 0 Å². The quantitative estimate of drug-likeness (QED) is 0.334. The first kappa shape index (κ1) is 19.3. The number of methoxy groups -OCH3 is 1. The van der Waals surface area contributed by atoms with Gasteiger partial charge in [0.1, 0.15) is 11.7 Å². The van der Waals surface area contributed by atoms with Gasteiger partial charge in [-0.15, -0.1) is 0 Å². The second kappa shape index (κ2) is 7.28. The smallest absolute Gasteiger partial charge is 0.317 e. The van der Waals surface area contributed by atoms with Crippen molar-refractivity contribution in [2.75, 3.05) is 26.9 Å². The van der Waals surface area contributed by atoms with E-state index in [-0.39, 0.29) is 12.3 Å². The average Bonchev–Trinajstić information content (AvgIpc) is 2.60. The molecule has 27 heavy (non-hydrogen) atoms. The fourth-order valence-corrected chi connectivity index (χ4v) is 4.05. The van der Waals surface area contributed by atoms with Crippen LogP contribution in [0.25, 0.3) is 0 Å². The Morgan fingerprint density at radius 1 is 1.52 bits per heavy atom. The SMILES string of the molecule is CCOC(=O)C1C2NC(=S)N(CCOC)C1(C)Oc1ccc([N+](=O)[O-])cc12. The number of fused-ring (bicyclic) bond motifs is 4. The zero-order valence-corrected chi connectivity index (χ0v) is 16.1. The molecule has 0 aliphatic carbocycles. The third-order valence-corrected chi connectivity index (χ3v) is 5.22. The molecule has 2 aliphatic heterocycles. The fraction of sp³-hybridized carbons (Fsp3) is 0.529. The number of esters is 1. The second-order valence-corrected chi connectivity index (χ2v) is 6.82. The van der Waals surface area contributed by atoms with Crippen molar-refractivity contribution in [2.24, 2.45) is 5.92 Å². The first-order chi connectivity index (χ1) is 12.8. The Morgan fingerprint density at radius 3 is 2.89 bits per heavy atom. The summed E-state index contributed by atoms with van der Waals surface area (Å²) >= 11 is 5.48. The predicted molar refractivity (Wildman–Crippen MR) is 99.3 cm³/mol. The minimum absolute atomic E-state index is 0.0851. The van der Waals surface area contributed by atoms with Gasteiger partial charge in [0.25, 0.3) is 5.69 Å². The summed E-state index contributed by atoms with van der Waals surface area (Å²) in [5.74, 6) is -0.763. The lowest BCUT2D eigenvalue weighted by Crippen LogP contribution is -2.71. The first-order valence-corrected chi connectivity index (χ1v) is 8.95. The maximum Gasteiger partial charge on any atom is 0.317 e. The second-order valence-electron chi connectivity index (χ2n) is 6.44. The molecular formula is C17H21N3O6S. The Balaban J connectivity index is 2.11. The Morgan fingerprint density at radius 2 is 2.26 bits per heavy atom. The van der Waals surface area contributed by atoms with Gasteiger partial charge in [-0.1, -0.05) is 0 Å². The number of nitro benzene ring substituents is 1. The number of nitrogens with one attached hydrogen (secondary N) is 1. The molecule has 0 aromatic heterocycles. The molecule has 1 aromatic carbocycles. The van der Waals surface area contributed by atoms with Crippen LogP contribution in [-0.4, -0.2) is 53.5 Å². The maximum absolute atomic E-state index is 12.8. The minimum Gasteiger partial charge on any atom is -0.467 e. The topological polar surface area (TPSA) is 103 Å². The average molecular weight is 395 g/mol. The van der Waals surface area contributed by atoms with E-state index >= 15 is 0 Å². The van der Waals surface area contributed by atoms with E-state index in [1.807, 2.05) is 0 Å². The standard InChI is InChI=1S/C17H21N3O6S/c1-4-25-15(21)13-14-11-9-10(20(22)23)5-6-12(11)26-17(13,2)19(7-8-24-3)16(27)18-14/h5-6,9,13-14H,4,7-8H2,1-3H3,(H,18,27). The molecule has 2 bridgehead atoms. The van der Waals surface area contributed by atoms with Gasteiger partial charge < -0.3 is 24.4 Å². The Labute approximate surface area is 161 Å². The lowest BCUT2D eigenvalue weighted by Gasteiger charge is -2.55. The highest BCUT2D eigenvalue weighted by atomic mass is 32.1. The molecule has 1 fully saturated rings. The number of benzene rings is 1. The third kappa shape index (κ3) is 3.19. The Bertz CT molecular complexity index is 788. The zero-order chi connectivity index (χ0) is 19.8. The van der Waals surface area contributed by atoms with E-state index in [0.29, 0.717) is 29.6 Å². The summed E-state index contributed by atoms with van der Waals surface area (Å²) in [7, 11) is 1.57. The van der Waals surface area contributed by atoms with Crippen molar-refractivity contribution in [3.63, 3.8) is 0 Å². The Kier molecular flexibility index (Phi) is 5.20. The molecule has 2 aliphatic rings. The van der Waals surface area contributed by atoms with Crippen molar-refractivity contribution in [3.8, 4) is 5.75 Å². The lowest BCUT2D eigenvalue weighted by molar-refractivity contribution is -0.385. The zero-order valence-electron chi connectivity index (χ0n) is 15.3. The highest BCUT2D eigenvalue weighted by Crippen LogP contribution is 2.49. The van der Waals surface area contributed by atoms with Crippen LogP contribution in [0.5, 0.6) is 5.75 Å². The highest BCUT2D eigenvalue weighted by molar-refractivity contribution is 7.80. The molecule has 146 valence electrons. The molecule has 2 heterocycles. The van der Waals surface area contributed by atoms with Gasteiger partial charge in [-0.3, -0.25) is 14.9 Å². The monoisotopic (exact) mass is 395 g/mol. The van der Waals surface area contributed by atoms with Crippen molar-refractivity contribution < 1.29 is 23.9 Å². The third-order valence-electron chi connectivity index (χ3n) is 4.89. The van der Waals surface area contributed by atoms with Crippen LogP contribution in [0.2, 0.25) is 0 Å². The van der Waals surface area contributed by atoms with E-state index in [9.17, 15) is 14.9 Å². The minimum atomic E-state index is -1.11. The van der Waals surface area contributed by atoms with Crippen LogP contribution in [0.3, 0.4) is 0 Å². The van der Waals surface area contributed by atoms with Gasteiger partial charge in [0.15, 0.2) is 10.8 Å². The van der Waals surface area contributed by atoms with Crippen molar-refractivity contribution in [2.45, 2.75) is 25.6 Å². The number of carbonyl (C=O) groups is 1. The number of nitrogens with zero attached hydrogens (tertiary/aromatic N) is 2. The van der Waals surface area contributed by atoms with Gasteiger partial charge in [0.2, 0.25) is 0 Å². The molecule has 10 heteroatoms. The maximum atomic E-state index is 12.8. The highest BCUT2D eigenvalue weighted by Gasteiger charge is 2.59. The van der Waals surface area contributed by atoms with Crippen molar-refractivity contribution in [1.29, 1.82) is 0 Å². The number of hydrogen-bond acceptors (Lipinski definition) is 7. The van der Waals surface area contributed by atoms with Gasteiger partial charge in [0, 0.05) is 31.4 Å². The van der Waals surface area contributed by atoms with Gasteiger partial charge in [-0.25, -0.2) is 0 Å². The molecule has 3 atom stereocenters. The van der Waals surface area contributed by atoms with Crippen LogP contribution in [-0.2, 0) is 14.3 Å². The first-order valence-electron chi connectivity index (χ1n) is 8.54. The van der Waals surface area contributed by atoms with Gasteiger partial charge in [0.05, 0.1) is 24.2 Å². The number of thiocarbonyl (C=S) groups is 1. The molecule has 0 radical (unpaired) electrons. The number of ether oxygens (including phenoxy) is 3. The summed E-state index contributed by atoms with van der Waals surface area (Å²) < 4.78 is 16.6. The van der Waals surface area contributed by atoms with E-state index in [1.165, 1.54) is 12.1 Å². The van der Waals surface area contributed by atoms with E-state index in [4.69, 9.17) is 26.4 Å². The van der Waals surface area contributed by atoms with E-state index in [1.54, 1.807) is 31.9 Å². The van der Waals surface area contributed by atoms with Crippen LogP contribution in [0.1, 0.15) is 25.5 Å². The number of carbonyl (C=O) groups excluding carboxylic acids is 1. The van der Waals surface area contributed by atoms with Crippen molar-refractivity contribution in [1.82, 2.24) is 10.2 Å². The number of nitro groups is 1. The van der Waals surface area contributed by atoms with Crippen LogP contribution in [0.4, 0.5) is 5.69 Å². The van der Waals surface area contributed by atoms with Gasteiger partial charge >= 0.3 is 5.97 Å².